The van der Waals surface area contributed by atoms with E-state index in [1.165, 1.54) is 11.1 Å². The summed E-state index contributed by atoms with van der Waals surface area (Å²) in [7, 11) is 0. The van der Waals surface area contributed by atoms with Gasteiger partial charge in [0.25, 0.3) is 0 Å². The van der Waals surface area contributed by atoms with Crippen molar-refractivity contribution in [1.29, 1.82) is 0 Å². The van der Waals surface area contributed by atoms with Gasteiger partial charge in [0.05, 0.1) is 0 Å². The van der Waals surface area contributed by atoms with Crippen molar-refractivity contribution in [1.82, 2.24) is 0 Å². The van der Waals surface area contributed by atoms with Crippen LogP contribution >= 0.6 is 0 Å². The number of benzene rings is 1. The zero-order valence-electron chi connectivity index (χ0n) is 20.5. The van der Waals surface area contributed by atoms with Crippen LogP contribution in [0.2, 0.25) is 0 Å². The van der Waals surface area contributed by atoms with Crippen molar-refractivity contribution in [2.45, 2.75) is 67.2 Å². The molecule has 174 valence electrons. The Morgan fingerprint density at radius 3 is 1.29 bits per heavy atom. The number of halogens is 2. The Bertz CT molecular complexity index is 627. The molecule has 0 heterocycles. The van der Waals surface area contributed by atoms with Gasteiger partial charge in [-0.15, -0.1) is 25.0 Å². The van der Waals surface area contributed by atoms with Gasteiger partial charge < -0.3 is 32.2 Å². The minimum absolute atomic E-state index is 0. The van der Waals surface area contributed by atoms with Gasteiger partial charge in [-0.3, -0.25) is 12.2 Å². The summed E-state index contributed by atoms with van der Waals surface area (Å²) in [5, 5.41) is 0. The Balaban J connectivity index is -0.000000168. The monoisotopic (exact) mass is 536 g/mol. The molecule has 0 amide bonds. The molecule has 31 heavy (non-hydrogen) atoms. The Morgan fingerprint density at radius 2 is 1.10 bits per heavy atom. The summed E-state index contributed by atoms with van der Waals surface area (Å²) in [6.07, 6.45) is 19.7. The first-order chi connectivity index (χ1) is 12.6. The number of hydrogen-bond acceptors (Lipinski definition) is 0. The Kier molecular flexibility index (Phi) is 23.2. The SMILES string of the molecule is CC(C)(C)CC1=[C-]CC=C1.CC(C)(C)CC1=[C-]CC=C1.[CH2-]c1ccccc1.[CH3-].[Cl-].[Cl-].[Zr+2]. The quantitative estimate of drug-likeness (QED) is 0.508. The summed E-state index contributed by atoms with van der Waals surface area (Å²) >= 11 is 0. The van der Waals surface area contributed by atoms with E-state index in [-0.39, 0.29) is 58.4 Å². The molecule has 0 unspecified atom stereocenters. The van der Waals surface area contributed by atoms with Crippen LogP contribution in [0.15, 0.2) is 65.8 Å². The van der Waals surface area contributed by atoms with E-state index in [0.29, 0.717) is 10.8 Å². The van der Waals surface area contributed by atoms with E-state index in [1.54, 1.807) is 0 Å². The van der Waals surface area contributed by atoms with Gasteiger partial charge in [-0.25, -0.2) is 23.3 Å². The topological polar surface area (TPSA) is 0 Å². The summed E-state index contributed by atoms with van der Waals surface area (Å²) < 4.78 is 0. The van der Waals surface area contributed by atoms with Gasteiger partial charge in [0.15, 0.2) is 0 Å². The molecular weight excluding hydrogens is 498 g/mol. The van der Waals surface area contributed by atoms with Crippen LogP contribution in [0.1, 0.15) is 72.8 Å². The van der Waals surface area contributed by atoms with Crippen molar-refractivity contribution in [3.8, 4) is 0 Å². The van der Waals surface area contributed by atoms with Gasteiger partial charge in [0.2, 0.25) is 0 Å². The van der Waals surface area contributed by atoms with E-state index in [1.807, 2.05) is 30.3 Å². The molecule has 0 fully saturated rings. The molecule has 0 atom stereocenters. The molecule has 0 aliphatic heterocycles. The van der Waals surface area contributed by atoms with Crippen LogP contribution in [0.25, 0.3) is 0 Å². The Hall–Kier alpha value is -0.487. The summed E-state index contributed by atoms with van der Waals surface area (Å²) in [6.45, 7) is 17.3. The van der Waals surface area contributed by atoms with Crippen molar-refractivity contribution in [3.63, 3.8) is 0 Å². The maximum atomic E-state index is 3.72. The molecule has 0 nitrogen and oxygen atoms in total. The predicted octanol–water partition coefficient (Wildman–Crippen LogP) is 2.55. The van der Waals surface area contributed by atoms with Gasteiger partial charge >= 0.3 is 26.2 Å². The van der Waals surface area contributed by atoms with Crippen molar-refractivity contribution >= 4 is 0 Å². The molecule has 1 aromatic carbocycles. The molecule has 0 radical (unpaired) electrons. The molecule has 1 aromatic rings. The zero-order valence-corrected chi connectivity index (χ0v) is 24.5. The second-order valence-corrected chi connectivity index (χ2v) is 9.58. The second-order valence-electron chi connectivity index (χ2n) is 9.58. The van der Waals surface area contributed by atoms with Crippen LogP contribution < -0.4 is 24.8 Å². The first-order valence-corrected chi connectivity index (χ1v) is 9.95. The van der Waals surface area contributed by atoms with E-state index in [2.05, 4.69) is 84.9 Å². The zero-order chi connectivity index (χ0) is 20.3. The van der Waals surface area contributed by atoms with Crippen LogP contribution in [0.3, 0.4) is 0 Å². The average Bonchev–Trinajstić information content (AvgIpc) is 3.20. The Labute approximate surface area is 225 Å². The predicted molar refractivity (Wildman–Crippen MR) is 126 cm³/mol. The molecule has 3 rings (SSSR count). The number of hydrogen-bond donors (Lipinski definition) is 0. The molecule has 2 aliphatic carbocycles. The van der Waals surface area contributed by atoms with Crippen LogP contribution in [-0.2, 0) is 26.2 Å². The fraction of sp³-hybridized carbons (Fsp3) is 0.429. The van der Waals surface area contributed by atoms with Crippen molar-refractivity contribution in [3.05, 3.63) is 97.8 Å². The number of allylic oxidation sites excluding steroid dienone is 8. The number of rotatable bonds is 2. The first kappa shape index (κ1) is 37.8. The maximum absolute atomic E-state index is 3.72. The van der Waals surface area contributed by atoms with Crippen molar-refractivity contribution < 1.29 is 51.0 Å². The molecule has 3 heteroatoms. The van der Waals surface area contributed by atoms with E-state index < -0.39 is 0 Å². The van der Waals surface area contributed by atoms with Gasteiger partial charge in [-0.2, -0.15) is 36.8 Å². The van der Waals surface area contributed by atoms with Crippen LogP contribution in [-0.4, -0.2) is 0 Å². The second kappa shape index (κ2) is 19.0. The average molecular weight is 539 g/mol. The van der Waals surface area contributed by atoms with Crippen LogP contribution in [0.5, 0.6) is 0 Å². The van der Waals surface area contributed by atoms with Gasteiger partial charge in [0.1, 0.15) is 0 Å². The van der Waals surface area contributed by atoms with Gasteiger partial charge in [-0.1, -0.05) is 60.5 Å². The van der Waals surface area contributed by atoms with E-state index >= 15 is 0 Å². The maximum Gasteiger partial charge on any atom is 2.00 e. The van der Waals surface area contributed by atoms with Gasteiger partial charge in [-0.05, 0) is 10.8 Å². The summed E-state index contributed by atoms with van der Waals surface area (Å²) in [6, 6.07) is 9.87. The fourth-order valence-corrected chi connectivity index (χ4v) is 2.76. The Morgan fingerprint density at radius 1 is 0.742 bits per heavy atom. The third-order valence-corrected chi connectivity index (χ3v) is 3.82. The molecule has 0 spiro atoms. The van der Waals surface area contributed by atoms with E-state index in [9.17, 15) is 0 Å². The molecule has 0 bridgehead atoms. The molecule has 0 saturated carbocycles. The van der Waals surface area contributed by atoms with Crippen molar-refractivity contribution in [2.24, 2.45) is 10.8 Å². The van der Waals surface area contributed by atoms with Crippen molar-refractivity contribution in [2.75, 3.05) is 0 Å². The summed E-state index contributed by atoms with van der Waals surface area (Å²) in [5.74, 6) is 0. The molecule has 0 aromatic heterocycles. The minimum Gasteiger partial charge on any atom is -1.00 e. The van der Waals surface area contributed by atoms with Crippen LogP contribution in [0.4, 0.5) is 0 Å². The summed E-state index contributed by atoms with van der Waals surface area (Å²) in [5.41, 5.74) is 4.66. The molecule has 0 saturated heterocycles. The van der Waals surface area contributed by atoms with E-state index in [4.69, 9.17) is 0 Å². The third kappa shape index (κ3) is 22.5. The smallest absolute Gasteiger partial charge is 1.00 e. The fourth-order valence-electron chi connectivity index (χ4n) is 2.76. The normalized spacial score (nSPS) is 13.4. The molecule has 0 N–H and O–H groups in total. The summed E-state index contributed by atoms with van der Waals surface area (Å²) in [4.78, 5) is 0. The minimum atomic E-state index is 0. The van der Waals surface area contributed by atoms with E-state index in [0.717, 1.165) is 31.2 Å². The molecule has 2 aliphatic rings. The van der Waals surface area contributed by atoms with Crippen LogP contribution in [0, 0.1) is 37.3 Å². The third-order valence-electron chi connectivity index (χ3n) is 3.82. The molecular formula is C28H40Cl2Zr-4. The standard InChI is InChI=1S/2C10H15.C7H7.CH3.2ClH.Zr/c2*1-10(2,3)8-9-6-4-5-7-9;1-7-5-3-2-4-6-7;;;;/h2*4,6H,5,8H2,1-3H3;2-6H,1H2;1H3;2*1H;/q4*-1;;;+2/p-2. The largest absolute Gasteiger partial charge is 2.00 e. The first-order valence-electron chi connectivity index (χ1n) is 9.95. The van der Waals surface area contributed by atoms with Gasteiger partial charge in [0, 0.05) is 0 Å².